The number of hydrogen-bond donors (Lipinski definition) is 0. The highest BCUT2D eigenvalue weighted by Gasteiger charge is 2.36. The van der Waals surface area contributed by atoms with Crippen LogP contribution in [0.25, 0.3) is 54.3 Å². The second kappa shape index (κ2) is 17.2. The van der Waals surface area contributed by atoms with Crippen LogP contribution in [0.5, 0.6) is 5.75 Å². The molecule has 1 aromatic heterocycles. The average molecular weight is 943 g/mol. The first-order valence-electron chi connectivity index (χ1n) is 26.2. The van der Waals surface area contributed by atoms with Crippen molar-refractivity contribution in [3.63, 3.8) is 0 Å². The Balaban J connectivity index is 1.16. The molecule has 2 aliphatic rings. The molecule has 0 N–H and O–H groups in total. The van der Waals surface area contributed by atoms with Gasteiger partial charge in [0.15, 0.2) is 5.58 Å². The van der Waals surface area contributed by atoms with Gasteiger partial charge in [0, 0.05) is 38.5 Å². The van der Waals surface area contributed by atoms with E-state index in [0.29, 0.717) is 0 Å². The van der Waals surface area contributed by atoms with Crippen LogP contribution >= 0.6 is 0 Å². The summed E-state index contributed by atoms with van der Waals surface area (Å²) in [6.07, 6.45) is 7.56. The summed E-state index contributed by atoms with van der Waals surface area (Å²) in [6, 6.07) is 56.9. The highest BCUT2D eigenvalue weighted by atomic mass is 16.5. The molecule has 4 nitrogen and oxygen atoms in total. The van der Waals surface area contributed by atoms with Crippen molar-refractivity contribution in [1.82, 2.24) is 0 Å². The number of benzene rings is 9. The normalized spacial score (nSPS) is 15.0. The maximum Gasteiger partial charge on any atom is 0.159 e. The summed E-state index contributed by atoms with van der Waals surface area (Å²) >= 11 is 0. The Morgan fingerprint density at radius 2 is 1.04 bits per heavy atom. The summed E-state index contributed by atoms with van der Waals surface area (Å²) in [4.78, 5) is 4.99. The van der Waals surface area contributed by atoms with Crippen molar-refractivity contribution in [3.8, 4) is 5.75 Å². The van der Waals surface area contributed by atoms with Crippen LogP contribution < -0.4 is 14.5 Å². The molecule has 4 heteroatoms. The Morgan fingerprint density at radius 1 is 0.514 bits per heavy atom. The number of nitrogens with zero attached hydrogens (tertiary/aromatic N) is 2. The molecular weight excluding hydrogens is 877 g/mol. The van der Waals surface area contributed by atoms with Crippen molar-refractivity contribution in [1.29, 1.82) is 0 Å². The minimum atomic E-state index is 0.147. The lowest BCUT2D eigenvalue weighted by atomic mass is 9.83. The lowest BCUT2D eigenvalue weighted by Crippen LogP contribution is -2.22. The monoisotopic (exact) mass is 943 g/mol. The molecule has 0 saturated heterocycles. The standard InChI is InChI=1S/C68H66N2O2/c1-41(2)55-37-59(69(45-29-25-43(26-30-45)39-67(5,6)7)57-21-15-19-51-47-17-11-13-23-61(47)71-65(51)57)53-36-34-50-56(42(3)4)38-60(54-35-33-49(55)63(53)64(50)54)70(46-31-27-44(28-32-46)40-68(8,9)10)58-22-16-20-52-48-18-12-14-24-62(48)72-66(52)58/h11-19,21-38,41-42,52H,20,39-40H2,1-10H3. The second-order valence-corrected chi connectivity index (χ2v) is 23.7. The summed E-state index contributed by atoms with van der Waals surface area (Å²) < 4.78 is 13.9. The van der Waals surface area contributed by atoms with Gasteiger partial charge >= 0.3 is 0 Å². The van der Waals surface area contributed by atoms with Gasteiger partial charge in [-0.15, -0.1) is 0 Å². The van der Waals surface area contributed by atoms with E-state index in [-0.39, 0.29) is 28.6 Å². The van der Waals surface area contributed by atoms with Crippen molar-refractivity contribution in [2.24, 2.45) is 10.8 Å². The van der Waals surface area contributed by atoms with Crippen molar-refractivity contribution >= 4 is 82.7 Å². The maximum atomic E-state index is 6.96. The highest BCUT2D eigenvalue weighted by Crippen LogP contribution is 2.54. The van der Waals surface area contributed by atoms with Gasteiger partial charge in [-0.1, -0.05) is 172 Å². The number of hydrogen-bond acceptors (Lipinski definition) is 4. The van der Waals surface area contributed by atoms with Crippen LogP contribution in [0.4, 0.5) is 28.4 Å². The van der Waals surface area contributed by atoms with Crippen LogP contribution in [0.1, 0.15) is 121 Å². The quantitative estimate of drug-likeness (QED) is 0.128. The minimum absolute atomic E-state index is 0.147. The first kappa shape index (κ1) is 45.8. The van der Waals surface area contributed by atoms with E-state index in [1.165, 1.54) is 60.1 Å². The number of para-hydroxylation sites is 3. The molecular formula is C68H66N2O2. The van der Waals surface area contributed by atoms with Gasteiger partial charge in [0.05, 0.1) is 28.7 Å². The molecule has 72 heavy (non-hydrogen) atoms. The predicted molar refractivity (Wildman–Crippen MR) is 306 cm³/mol. The van der Waals surface area contributed by atoms with Gasteiger partial charge in [0.1, 0.15) is 17.1 Å². The highest BCUT2D eigenvalue weighted by molar-refractivity contribution is 6.29. The largest absolute Gasteiger partial charge is 0.459 e. The molecule has 12 rings (SSSR count). The lowest BCUT2D eigenvalue weighted by Gasteiger charge is -2.33. The molecule has 0 amide bonds. The molecule has 1 aliphatic heterocycles. The molecule has 0 bridgehead atoms. The van der Waals surface area contributed by atoms with Crippen LogP contribution in [0.15, 0.2) is 180 Å². The first-order chi connectivity index (χ1) is 34.6. The minimum Gasteiger partial charge on any atom is -0.459 e. The van der Waals surface area contributed by atoms with E-state index in [0.717, 1.165) is 86.8 Å². The molecule has 1 aliphatic carbocycles. The molecule has 0 spiro atoms. The van der Waals surface area contributed by atoms with E-state index >= 15 is 0 Å². The summed E-state index contributed by atoms with van der Waals surface area (Å²) in [7, 11) is 0. The zero-order chi connectivity index (χ0) is 49.8. The zero-order valence-corrected chi connectivity index (χ0v) is 43.7. The Kier molecular flexibility index (Phi) is 10.9. The van der Waals surface area contributed by atoms with Gasteiger partial charge in [0.25, 0.3) is 0 Å². The third kappa shape index (κ3) is 7.82. The smallest absolute Gasteiger partial charge is 0.159 e. The molecule has 0 fully saturated rings. The zero-order valence-electron chi connectivity index (χ0n) is 43.7. The summed E-state index contributed by atoms with van der Waals surface area (Å²) in [6.45, 7) is 23.3. The van der Waals surface area contributed by atoms with Crippen LogP contribution in [0, 0.1) is 10.8 Å². The Hall–Kier alpha value is -7.30. The SMILES string of the molecule is CC(C)c1cc(N(C2=C3Oc4ccccc4C3CC=C2)c2ccc(CC(C)(C)C)cc2)c2ccc3c(C(C)C)cc(N(c4ccc(CC(C)(C)C)cc4)c4cccc5c4oc4ccccc45)c4ccc1c2c34. The third-order valence-electron chi connectivity index (χ3n) is 15.1. The van der Waals surface area contributed by atoms with Crippen molar-refractivity contribution in [2.75, 3.05) is 9.80 Å². The average Bonchev–Trinajstić information content (AvgIpc) is 3.93. The van der Waals surface area contributed by atoms with E-state index in [1.54, 1.807) is 0 Å². The summed E-state index contributed by atoms with van der Waals surface area (Å²) in [5, 5.41) is 9.84. The van der Waals surface area contributed by atoms with E-state index in [4.69, 9.17) is 9.15 Å². The molecule has 1 atom stereocenters. The summed E-state index contributed by atoms with van der Waals surface area (Å²) in [5.41, 5.74) is 15.3. The van der Waals surface area contributed by atoms with Gasteiger partial charge < -0.3 is 19.0 Å². The summed E-state index contributed by atoms with van der Waals surface area (Å²) in [5.74, 6) is 2.62. The molecule has 2 heterocycles. The van der Waals surface area contributed by atoms with Crippen molar-refractivity contribution < 1.29 is 9.15 Å². The topological polar surface area (TPSA) is 28.9 Å². The van der Waals surface area contributed by atoms with Gasteiger partial charge in [-0.25, -0.2) is 0 Å². The predicted octanol–water partition coefficient (Wildman–Crippen LogP) is 19.9. The Labute approximate surface area is 425 Å². The van der Waals surface area contributed by atoms with E-state index in [1.807, 2.05) is 0 Å². The number of rotatable bonds is 10. The molecule has 0 saturated carbocycles. The van der Waals surface area contributed by atoms with Crippen LogP contribution in [0.2, 0.25) is 0 Å². The van der Waals surface area contributed by atoms with Gasteiger partial charge in [0.2, 0.25) is 0 Å². The molecule has 360 valence electrons. The Bertz CT molecular complexity index is 3780. The van der Waals surface area contributed by atoms with Crippen LogP contribution in [-0.2, 0) is 12.8 Å². The van der Waals surface area contributed by atoms with Crippen LogP contribution in [0.3, 0.4) is 0 Å². The third-order valence-corrected chi connectivity index (χ3v) is 15.1. The van der Waals surface area contributed by atoms with Gasteiger partial charge in [-0.3, -0.25) is 0 Å². The number of furan rings is 1. The van der Waals surface area contributed by atoms with Crippen molar-refractivity contribution in [2.45, 2.75) is 106 Å². The number of anilines is 5. The number of ether oxygens (including phenoxy) is 1. The molecule has 0 radical (unpaired) electrons. The van der Waals surface area contributed by atoms with Gasteiger partial charge in [-0.2, -0.15) is 0 Å². The maximum absolute atomic E-state index is 6.96. The number of allylic oxidation sites excluding steroid dienone is 3. The fourth-order valence-electron chi connectivity index (χ4n) is 12.0. The van der Waals surface area contributed by atoms with Crippen molar-refractivity contribution in [3.05, 3.63) is 203 Å². The molecule has 9 aromatic carbocycles. The number of fused-ring (bicyclic) bond motifs is 6. The van der Waals surface area contributed by atoms with Gasteiger partial charge in [-0.05, 0) is 146 Å². The Morgan fingerprint density at radius 3 is 1.64 bits per heavy atom. The molecule has 10 aromatic rings. The second-order valence-electron chi connectivity index (χ2n) is 23.7. The fraction of sp³-hybridized carbons (Fsp3) is 0.265. The first-order valence-corrected chi connectivity index (χ1v) is 26.2. The van der Waals surface area contributed by atoms with E-state index in [9.17, 15) is 0 Å². The van der Waals surface area contributed by atoms with Crippen LogP contribution in [-0.4, -0.2) is 0 Å². The molecule has 1 unspecified atom stereocenters. The van der Waals surface area contributed by atoms with E-state index < -0.39 is 0 Å². The fourth-order valence-corrected chi connectivity index (χ4v) is 12.0. The van der Waals surface area contributed by atoms with E-state index in [2.05, 4.69) is 243 Å². The lowest BCUT2D eigenvalue weighted by molar-refractivity contribution is 0.411.